The van der Waals surface area contributed by atoms with Crippen LogP contribution in [0.25, 0.3) is 10.4 Å². The number of rotatable bonds is 2. The van der Waals surface area contributed by atoms with Crippen molar-refractivity contribution in [2.24, 2.45) is 0 Å². The average molecular weight is 288 g/mol. The summed E-state index contributed by atoms with van der Waals surface area (Å²) < 4.78 is 12.1. The second-order valence-corrected chi connectivity index (χ2v) is 6.85. The zero-order valence-electron chi connectivity index (χ0n) is 12.1. The summed E-state index contributed by atoms with van der Waals surface area (Å²) in [5, 5.41) is 0. The molecule has 2 aromatic heterocycles. The SMILES string of the molecule is CC1(C)OB(c2cncc(-c3cncs3)c2)OC1(C)C. The second-order valence-electron chi connectivity index (χ2n) is 5.96. The predicted molar refractivity (Wildman–Crippen MR) is 81.1 cm³/mol. The highest BCUT2D eigenvalue weighted by atomic mass is 32.1. The van der Waals surface area contributed by atoms with E-state index in [2.05, 4.69) is 16.0 Å². The molecule has 1 saturated heterocycles. The van der Waals surface area contributed by atoms with Gasteiger partial charge in [0.15, 0.2) is 0 Å². The van der Waals surface area contributed by atoms with Crippen LogP contribution in [0.5, 0.6) is 0 Å². The fraction of sp³-hybridized carbons (Fsp3) is 0.429. The Morgan fingerprint density at radius 2 is 1.70 bits per heavy atom. The minimum absolute atomic E-state index is 0.335. The summed E-state index contributed by atoms with van der Waals surface area (Å²) in [4.78, 5) is 9.49. The molecular formula is C14H17BN2O2S. The van der Waals surface area contributed by atoms with Crippen LogP contribution in [0.1, 0.15) is 27.7 Å². The molecule has 3 rings (SSSR count). The Labute approximate surface area is 123 Å². The first-order valence-electron chi connectivity index (χ1n) is 6.58. The number of nitrogens with zero attached hydrogens (tertiary/aromatic N) is 2. The molecule has 6 heteroatoms. The van der Waals surface area contributed by atoms with Crippen molar-refractivity contribution in [3.8, 4) is 10.4 Å². The van der Waals surface area contributed by atoms with E-state index < -0.39 is 0 Å². The number of thiazole rings is 1. The molecule has 0 bridgehead atoms. The Hall–Kier alpha value is -1.24. The Bertz CT molecular complexity index is 597. The Morgan fingerprint density at radius 1 is 1.00 bits per heavy atom. The van der Waals surface area contributed by atoms with E-state index in [1.54, 1.807) is 17.5 Å². The summed E-state index contributed by atoms with van der Waals surface area (Å²) in [6.45, 7) is 8.20. The van der Waals surface area contributed by atoms with Gasteiger partial charge in [-0.1, -0.05) is 6.07 Å². The van der Waals surface area contributed by atoms with Crippen LogP contribution in [-0.2, 0) is 9.31 Å². The maximum atomic E-state index is 6.05. The van der Waals surface area contributed by atoms with Gasteiger partial charge in [-0.15, -0.1) is 11.3 Å². The number of hydrogen-bond donors (Lipinski definition) is 0. The van der Waals surface area contributed by atoms with Gasteiger partial charge in [-0.2, -0.15) is 0 Å². The van der Waals surface area contributed by atoms with Crippen LogP contribution in [0.3, 0.4) is 0 Å². The minimum atomic E-state index is -0.375. The Morgan fingerprint density at radius 3 is 2.30 bits per heavy atom. The summed E-state index contributed by atoms with van der Waals surface area (Å²) in [5.41, 5.74) is 3.13. The maximum absolute atomic E-state index is 6.05. The molecular weight excluding hydrogens is 271 g/mol. The summed E-state index contributed by atoms with van der Waals surface area (Å²) in [6, 6.07) is 2.06. The molecule has 0 unspecified atom stereocenters. The first-order valence-corrected chi connectivity index (χ1v) is 7.46. The third-order valence-corrected chi connectivity index (χ3v) is 4.82. The summed E-state index contributed by atoms with van der Waals surface area (Å²) in [5.74, 6) is 0. The van der Waals surface area contributed by atoms with Gasteiger partial charge in [0.1, 0.15) is 0 Å². The molecule has 0 atom stereocenters. The van der Waals surface area contributed by atoms with Gasteiger partial charge in [0.2, 0.25) is 0 Å². The molecule has 20 heavy (non-hydrogen) atoms. The zero-order chi connectivity index (χ0) is 14.4. The minimum Gasteiger partial charge on any atom is -0.399 e. The van der Waals surface area contributed by atoms with Crippen LogP contribution < -0.4 is 5.46 Å². The first kappa shape index (κ1) is 13.7. The summed E-state index contributed by atoms with van der Waals surface area (Å²) >= 11 is 1.59. The Balaban J connectivity index is 1.91. The van der Waals surface area contributed by atoms with Gasteiger partial charge in [-0.3, -0.25) is 9.97 Å². The van der Waals surface area contributed by atoms with E-state index in [9.17, 15) is 0 Å². The average Bonchev–Trinajstić information content (AvgIpc) is 2.97. The molecule has 0 radical (unpaired) electrons. The Kier molecular flexibility index (Phi) is 3.19. The van der Waals surface area contributed by atoms with E-state index >= 15 is 0 Å². The highest BCUT2D eigenvalue weighted by Gasteiger charge is 2.51. The predicted octanol–water partition coefficient (Wildman–Crippen LogP) is 2.50. The molecule has 0 spiro atoms. The molecule has 0 N–H and O–H groups in total. The van der Waals surface area contributed by atoms with Crippen LogP contribution in [0.4, 0.5) is 0 Å². The van der Waals surface area contributed by atoms with Crippen LogP contribution >= 0.6 is 11.3 Å². The van der Waals surface area contributed by atoms with Crippen LogP contribution in [0, 0.1) is 0 Å². The zero-order valence-corrected chi connectivity index (χ0v) is 12.9. The lowest BCUT2D eigenvalue weighted by molar-refractivity contribution is 0.00578. The third-order valence-electron chi connectivity index (χ3n) is 4.00. The molecule has 0 aromatic carbocycles. The van der Waals surface area contributed by atoms with E-state index in [1.807, 2.05) is 45.6 Å². The van der Waals surface area contributed by atoms with E-state index in [0.717, 1.165) is 15.9 Å². The number of hydrogen-bond acceptors (Lipinski definition) is 5. The van der Waals surface area contributed by atoms with Crippen molar-refractivity contribution in [2.75, 3.05) is 0 Å². The number of pyridine rings is 1. The van der Waals surface area contributed by atoms with Crippen molar-refractivity contribution in [3.63, 3.8) is 0 Å². The van der Waals surface area contributed by atoms with Gasteiger partial charge < -0.3 is 9.31 Å². The monoisotopic (exact) mass is 288 g/mol. The third kappa shape index (κ3) is 2.28. The lowest BCUT2D eigenvalue weighted by Crippen LogP contribution is -2.41. The lowest BCUT2D eigenvalue weighted by Gasteiger charge is -2.32. The molecule has 0 amide bonds. The highest BCUT2D eigenvalue weighted by molar-refractivity contribution is 7.13. The molecule has 104 valence electrons. The maximum Gasteiger partial charge on any atom is 0.496 e. The second kappa shape index (κ2) is 4.65. The van der Waals surface area contributed by atoms with Gasteiger partial charge in [-0.25, -0.2) is 0 Å². The summed E-state index contributed by atoms with van der Waals surface area (Å²) in [6.07, 6.45) is 5.48. The molecule has 2 aromatic rings. The van der Waals surface area contributed by atoms with Gasteiger partial charge in [0, 0.05) is 29.6 Å². The largest absolute Gasteiger partial charge is 0.496 e. The van der Waals surface area contributed by atoms with Crippen LogP contribution in [0.2, 0.25) is 0 Å². The molecule has 1 aliphatic rings. The topological polar surface area (TPSA) is 44.2 Å². The lowest BCUT2D eigenvalue weighted by atomic mass is 9.80. The first-order chi connectivity index (χ1) is 9.39. The molecule has 0 saturated carbocycles. The van der Waals surface area contributed by atoms with Gasteiger partial charge in [0.05, 0.1) is 21.6 Å². The van der Waals surface area contributed by atoms with E-state index in [4.69, 9.17) is 9.31 Å². The van der Waals surface area contributed by atoms with Crippen LogP contribution in [0.15, 0.2) is 30.2 Å². The van der Waals surface area contributed by atoms with Gasteiger partial charge in [-0.05, 0) is 27.7 Å². The quantitative estimate of drug-likeness (QED) is 0.796. The highest BCUT2D eigenvalue weighted by Crippen LogP contribution is 2.36. The van der Waals surface area contributed by atoms with Crippen molar-refractivity contribution in [2.45, 2.75) is 38.9 Å². The normalized spacial score (nSPS) is 20.3. The van der Waals surface area contributed by atoms with Gasteiger partial charge >= 0.3 is 7.12 Å². The molecule has 1 aliphatic heterocycles. The molecule has 3 heterocycles. The fourth-order valence-corrected chi connectivity index (χ4v) is 2.66. The van der Waals surface area contributed by atoms with Crippen molar-refractivity contribution < 1.29 is 9.31 Å². The van der Waals surface area contributed by atoms with Gasteiger partial charge in [0.25, 0.3) is 0 Å². The smallest absolute Gasteiger partial charge is 0.399 e. The fourth-order valence-electron chi connectivity index (χ4n) is 2.06. The number of aromatic nitrogens is 2. The van der Waals surface area contributed by atoms with Crippen molar-refractivity contribution >= 4 is 23.9 Å². The van der Waals surface area contributed by atoms with Crippen LogP contribution in [-0.4, -0.2) is 28.3 Å². The summed E-state index contributed by atoms with van der Waals surface area (Å²) in [7, 11) is -0.375. The standard InChI is InChI=1S/C14H17BN2O2S/c1-13(2)14(3,4)19-15(18-13)11-5-10(6-16-7-11)12-8-17-9-20-12/h5-9H,1-4H3. The van der Waals surface area contributed by atoms with Crippen molar-refractivity contribution in [3.05, 3.63) is 30.2 Å². The molecule has 4 nitrogen and oxygen atoms in total. The molecule has 1 fully saturated rings. The van der Waals surface area contributed by atoms with E-state index in [0.29, 0.717) is 0 Å². The van der Waals surface area contributed by atoms with E-state index in [-0.39, 0.29) is 18.3 Å². The van der Waals surface area contributed by atoms with Crippen molar-refractivity contribution in [1.29, 1.82) is 0 Å². The van der Waals surface area contributed by atoms with E-state index in [1.165, 1.54) is 0 Å². The van der Waals surface area contributed by atoms with Crippen molar-refractivity contribution in [1.82, 2.24) is 9.97 Å². The molecule has 0 aliphatic carbocycles.